The van der Waals surface area contributed by atoms with Crippen LogP contribution in [0.5, 0.6) is 0 Å². The molecule has 0 saturated heterocycles. The van der Waals surface area contributed by atoms with Crippen molar-refractivity contribution in [3.8, 4) is 0 Å². The van der Waals surface area contributed by atoms with E-state index in [2.05, 4.69) is 39.6 Å². The van der Waals surface area contributed by atoms with Gasteiger partial charge < -0.3 is 5.32 Å². The summed E-state index contributed by atoms with van der Waals surface area (Å²) in [6, 6.07) is 8.11. The zero-order chi connectivity index (χ0) is 13.7. The molecule has 0 spiro atoms. The van der Waals surface area contributed by atoms with Gasteiger partial charge in [-0.2, -0.15) is 0 Å². The molecule has 2 atom stereocenters. The monoisotopic (exact) mass is 312 g/mol. The van der Waals surface area contributed by atoms with Crippen LogP contribution in [0.3, 0.4) is 0 Å². The molecule has 0 aliphatic carbocycles. The van der Waals surface area contributed by atoms with Crippen LogP contribution in [0.4, 0.5) is 0 Å². The molecule has 0 aliphatic heterocycles. The van der Waals surface area contributed by atoms with E-state index in [-0.39, 0.29) is 24.0 Å². The third kappa shape index (κ3) is 4.42. The van der Waals surface area contributed by atoms with Crippen molar-refractivity contribution in [1.82, 2.24) is 10.6 Å². The molecule has 3 nitrogen and oxygen atoms in total. The Labute approximate surface area is 117 Å². The van der Waals surface area contributed by atoms with Crippen LogP contribution in [0.2, 0.25) is 0 Å². The number of rotatable bonds is 5. The number of benzene rings is 1. The molecule has 1 aromatic carbocycles. The summed E-state index contributed by atoms with van der Waals surface area (Å²) in [5, 5.41) is 6.20. The Balaban J connectivity index is 2.62. The SMILES string of the molecule is CC(C)NC(=O)C(C)NC(C)c1ccccc1Br. The Kier molecular flexibility index (Phi) is 5.82. The van der Waals surface area contributed by atoms with Crippen LogP contribution in [0.25, 0.3) is 0 Å². The number of halogens is 1. The van der Waals surface area contributed by atoms with E-state index in [4.69, 9.17) is 0 Å². The van der Waals surface area contributed by atoms with Gasteiger partial charge in [-0.1, -0.05) is 34.1 Å². The zero-order valence-electron chi connectivity index (χ0n) is 11.3. The molecule has 2 unspecified atom stereocenters. The lowest BCUT2D eigenvalue weighted by molar-refractivity contribution is -0.123. The summed E-state index contributed by atoms with van der Waals surface area (Å²) in [5.41, 5.74) is 1.15. The number of hydrogen-bond donors (Lipinski definition) is 2. The standard InChI is InChI=1S/C14H21BrN2O/c1-9(2)16-14(18)11(4)17-10(3)12-7-5-6-8-13(12)15/h5-11,17H,1-4H3,(H,16,18). The highest BCUT2D eigenvalue weighted by Crippen LogP contribution is 2.22. The van der Waals surface area contributed by atoms with Crippen LogP contribution < -0.4 is 10.6 Å². The predicted octanol–water partition coefficient (Wildman–Crippen LogP) is 3.01. The lowest BCUT2D eigenvalue weighted by Crippen LogP contribution is -2.45. The predicted molar refractivity (Wildman–Crippen MR) is 78.4 cm³/mol. The lowest BCUT2D eigenvalue weighted by atomic mass is 10.1. The molecule has 0 aliphatic rings. The van der Waals surface area contributed by atoms with Crippen LogP contribution >= 0.6 is 15.9 Å². The van der Waals surface area contributed by atoms with Gasteiger partial charge in [0.15, 0.2) is 0 Å². The van der Waals surface area contributed by atoms with Crippen LogP contribution in [0.1, 0.15) is 39.3 Å². The first kappa shape index (κ1) is 15.2. The van der Waals surface area contributed by atoms with Crippen molar-refractivity contribution >= 4 is 21.8 Å². The normalized spacial score (nSPS) is 14.3. The summed E-state index contributed by atoms with van der Waals surface area (Å²) in [6.45, 7) is 7.86. The van der Waals surface area contributed by atoms with Crippen molar-refractivity contribution < 1.29 is 4.79 Å². The van der Waals surface area contributed by atoms with Crippen molar-refractivity contribution in [3.05, 3.63) is 34.3 Å². The maximum atomic E-state index is 11.8. The van der Waals surface area contributed by atoms with E-state index in [1.807, 2.05) is 39.0 Å². The van der Waals surface area contributed by atoms with Crippen molar-refractivity contribution in [3.63, 3.8) is 0 Å². The van der Waals surface area contributed by atoms with Gasteiger partial charge in [-0.15, -0.1) is 0 Å². The first-order valence-electron chi connectivity index (χ1n) is 6.22. The Morgan fingerprint density at radius 2 is 1.78 bits per heavy atom. The number of amides is 1. The number of nitrogens with one attached hydrogen (secondary N) is 2. The number of hydrogen-bond acceptors (Lipinski definition) is 2. The van der Waals surface area contributed by atoms with E-state index in [0.717, 1.165) is 10.0 Å². The number of carbonyl (C=O) groups excluding carboxylic acids is 1. The second-order valence-electron chi connectivity index (χ2n) is 4.79. The second kappa shape index (κ2) is 6.90. The van der Waals surface area contributed by atoms with Crippen molar-refractivity contribution in [2.45, 2.75) is 45.8 Å². The quantitative estimate of drug-likeness (QED) is 0.877. The highest BCUT2D eigenvalue weighted by atomic mass is 79.9. The molecule has 0 radical (unpaired) electrons. The Hall–Kier alpha value is -0.870. The van der Waals surface area contributed by atoms with Gasteiger partial charge in [0.2, 0.25) is 5.91 Å². The van der Waals surface area contributed by atoms with E-state index in [1.165, 1.54) is 0 Å². The molecule has 1 aromatic rings. The van der Waals surface area contributed by atoms with Gasteiger partial charge in [-0.3, -0.25) is 10.1 Å². The van der Waals surface area contributed by atoms with E-state index in [1.54, 1.807) is 0 Å². The fourth-order valence-corrected chi connectivity index (χ4v) is 2.40. The lowest BCUT2D eigenvalue weighted by Gasteiger charge is -2.21. The minimum atomic E-state index is -0.213. The minimum Gasteiger partial charge on any atom is -0.353 e. The minimum absolute atomic E-state index is 0.0314. The van der Waals surface area contributed by atoms with Gasteiger partial charge in [0.05, 0.1) is 6.04 Å². The fourth-order valence-electron chi connectivity index (χ4n) is 1.78. The molecular weight excluding hydrogens is 292 g/mol. The molecule has 100 valence electrons. The van der Waals surface area contributed by atoms with Gasteiger partial charge in [-0.25, -0.2) is 0 Å². The second-order valence-corrected chi connectivity index (χ2v) is 5.65. The molecular formula is C14H21BrN2O. The van der Waals surface area contributed by atoms with Crippen molar-refractivity contribution in [1.29, 1.82) is 0 Å². The summed E-state index contributed by atoms with van der Waals surface area (Å²) in [4.78, 5) is 11.8. The summed E-state index contributed by atoms with van der Waals surface area (Å²) in [7, 11) is 0. The Morgan fingerprint density at radius 3 is 2.33 bits per heavy atom. The molecule has 0 fully saturated rings. The van der Waals surface area contributed by atoms with Gasteiger partial charge in [0.1, 0.15) is 0 Å². The van der Waals surface area contributed by atoms with Crippen molar-refractivity contribution in [2.24, 2.45) is 0 Å². The number of carbonyl (C=O) groups is 1. The van der Waals surface area contributed by atoms with Crippen LogP contribution in [-0.2, 0) is 4.79 Å². The molecule has 0 heterocycles. The zero-order valence-corrected chi connectivity index (χ0v) is 12.9. The highest BCUT2D eigenvalue weighted by molar-refractivity contribution is 9.10. The molecule has 0 bridgehead atoms. The smallest absolute Gasteiger partial charge is 0.237 e. The average Bonchev–Trinajstić information content (AvgIpc) is 2.28. The maximum absolute atomic E-state index is 11.8. The molecule has 18 heavy (non-hydrogen) atoms. The first-order valence-corrected chi connectivity index (χ1v) is 7.02. The van der Waals surface area contributed by atoms with E-state index < -0.39 is 0 Å². The van der Waals surface area contributed by atoms with Gasteiger partial charge in [0, 0.05) is 16.6 Å². The molecule has 0 aromatic heterocycles. The summed E-state index contributed by atoms with van der Waals surface area (Å²) < 4.78 is 1.06. The summed E-state index contributed by atoms with van der Waals surface area (Å²) in [5.74, 6) is 0.0314. The molecule has 1 rings (SSSR count). The van der Waals surface area contributed by atoms with E-state index >= 15 is 0 Å². The summed E-state index contributed by atoms with van der Waals surface area (Å²) >= 11 is 3.52. The van der Waals surface area contributed by atoms with Gasteiger partial charge in [-0.05, 0) is 39.3 Å². The molecule has 4 heteroatoms. The van der Waals surface area contributed by atoms with E-state index in [9.17, 15) is 4.79 Å². The third-order valence-electron chi connectivity index (χ3n) is 2.70. The molecule has 0 saturated carbocycles. The maximum Gasteiger partial charge on any atom is 0.237 e. The fraction of sp³-hybridized carbons (Fsp3) is 0.500. The first-order chi connectivity index (χ1) is 8.41. The van der Waals surface area contributed by atoms with Gasteiger partial charge >= 0.3 is 0 Å². The topological polar surface area (TPSA) is 41.1 Å². The highest BCUT2D eigenvalue weighted by Gasteiger charge is 2.17. The van der Waals surface area contributed by atoms with Crippen LogP contribution in [0, 0.1) is 0 Å². The summed E-state index contributed by atoms with van der Waals surface area (Å²) in [6.07, 6.45) is 0. The largest absolute Gasteiger partial charge is 0.353 e. The van der Waals surface area contributed by atoms with E-state index in [0.29, 0.717) is 0 Å². The van der Waals surface area contributed by atoms with Crippen LogP contribution in [0.15, 0.2) is 28.7 Å². The van der Waals surface area contributed by atoms with Crippen LogP contribution in [-0.4, -0.2) is 18.0 Å². The average molecular weight is 313 g/mol. The third-order valence-corrected chi connectivity index (χ3v) is 3.42. The van der Waals surface area contributed by atoms with Gasteiger partial charge in [0.25, 0.3) is 0 Å². The Morgan fingerprint density at radius 1 is 1.17 bits per heavy atom. The van der Waals surface area contributed by atoms with Crippen molar-refractivity contribution in [2.75, 3.05) is 0 Å². The molecule has 2 N–H and O–H groups in total. The molecule has 1 amide bonds. The Bertz CT molecular complexity index is 407.